The van der Waals surface area contributed by atoms with Crippen molar-refractivity contribution in [1.82, 2.24) is 24.4 Å². The second-order valence-electron chi connectivity index (χ2n) is 9.59. The number of rotatable bonds is 5. The van der Waals surface area contributed by atoms with Crippen LogP contribution in [0.5, 0.6) is 0 Å². The molecular weight excluding hydrogens is 597 g/mol. The molecule has 1 fully saturated rings. The summed E-state index contributed by atoms with van der Waals surface area (Å²) in [6.45, 7) is 5.88. The average molecular weight is 619 g/mol. The minimum Gasteiger partial charge on any atom is -0.350 e. The fraction of sp³-hybridized carbons (Fsp3) is 0.222. The molecule has 0 N–H and O–H groups in total. The summed E-state index contributed by atoms with van der Waals surface area (Å²) < 4.78 is 71.3. The lowest BCUT2D eigenvalue weighted by atomic mass is 10.1. The summed E-state index contributed by atoms with van der Waals surface area (Å²) in [5.74, 6) is -3.68. The highest BCUT2D eigenvalue weighted by Crippen LogP contribution is 2.35. The van der Waals surface area contributed by atoms with Gasteiger partial charge >= 0.3 is 5.69 Å². The standard InChI is InChI=1S/C27H22ClF3N6O4S/c1-4-20(38)35-10-11-36(14(2)13-35)25-15-12-18(31)22(21-16(29)6-5-7-17(21)30)33-26(15)37(27(39)34-25)23-19(42(3,40)41)8-9-32-24(23)28/h4-9,12,14H,1,10-11,13H2,2-3H3/t14-/m0/s1. The molecule has 0 aliphatic carbocycles. The van der Waals surface area contributed by atoms with E-state index in [1.54, 1.807) is 16.7 Å². The first-order valence-electron chi connectivity index (χ1n) is 12.4. The first-order valence-corrected chi connectivity index (χ1v) is 14.7. The maximum absolute atomic E-state index is 15.7. The highest BCUT2D eigenvalue weighted by Gasteiger charge is 2.31. The van der Waals surface area contributed by atoms with Gasteiger partial charge in [0, 0.05) is 38.1 Å². The molecule has 1 aliphatic rings. The molecule has 3 aromatic heterocycles. The molecule has 0 radical (unpaired) electrons. The predicted molar refractivity (Wildman–Crippen MR) is 150 cm³/mol. The number of carbonyl (C=O) groups is 1. The molecule has 4 heterocycles. The van der Waals surface area contributed by atoms with Gasteiger partial charge in [-0.05, 0) is 37.3 Å². The van der Waals surface area contributed by atoms with Crippen LogP contribution < -0.4 is 10.6 Å². The molecule has 218 valence electrons. The fourth-order valence-electron chi connectivity index (χ4n) is 4.94. The van der Waals surface area contributed by atoms with Crippen LogP contribution in [0.25, 0.3) is 28.0 Å². The molecule has 42 heavy (non-hydrogen) atoms. The number of fused-ring (bicyclic) bond motifs is 1. The lowest BCUT2D eigenvalue weighted by Crippen LogP contribution is -2.54. The molecule has 0 bridgehead atoms. The van der Waals surface area contributed by atoms with Crippen molar-refractivity contribution in [3.05, 3.63) is 82.3 Å². The maximum Gasteiger partial charge on any atom is 0.355 e. The number of benzene rings is 1. The Labute approximate surface area is 242 Å². The van der Waals surface area contributed by atoms with Crippen molar-refractivity contribution in [2.24, 2.45) is 0 Å². The molecule has 0 spiro atoms. The van der Waals surface area contributed by atoms with Crippen molar-refractivity contribution < 1.29 is 26.4 Å². The van der Waals surface area contributed by atoms with Crippen LogP contribution in [0.3, 0.4) is 0 Å². The van der Waals surface area contributed by atoms with E-state index >= 15 is 4.39 Å². The number of hydrogen-bond donors (Lipinski definition) is 0. The van der Waals surface area contributed by atoms with Gasteiger partial charge in [-0.3, -0.25) is 4.79 Å². The third-order valence-corrected chi connectivity index (χ3v) is 8.26. The molecule has 1 aliphatic heterocycles. The maximum atomic E-state index is 15.7. The molecule has 1 atom stereocenters. The summed E-state index contributed by atoms with van der Waals surface area (Å²) in [4.78, 5) is 40.9. The van der Waals surface area contributed by atoms with E-state index in [1.165, 1.54) is 6.08 Å². The molecule has 10 nitrogen and oxygen atoms in total. The molecule has 4 aromatic rings. The first-order chi connectivity index (χ1) is 19.8. The molecule has 15 heteroatoms. The zero-order valence-electron chi connectivity index (χ0n) is 22.2. The summed E-state index contributed by atoms with van der Waals surface area (Å²) in [5, 5.41) is -0.493. The monoisotopic (exact) mass is 618 g/mol. The first kappa shape index (κ1) is 29.2. The highest BCUT2D eigenvalue weighted by molar-refractivity contribution is 7.90. The molecule has 1 amide bonds. The zero-order chi connectivity index (χ0) is 30.5. The number of carbonyl (C=O) groups excluding carboxylic acids is 1. The number of hydrogen-bond acceptors (Lipinski definition) is 8. The van der Waals surface area contributed by atoms with E-state index in [1.807, 2.05) is 0 Å². The quantitative estimate of drug-likeness (QED) is 0.246. The van der Waals surface area contributed by atoms with Crippen molar-refractivity contribution in [2.75, 3.05) is 30.8 Å². The second-order valence-corrected chi connectivity index (χ2v) is 11.9. The van der Waals surface area contributed by atoms with Gasteiger partial charge in [0.2, 0.25) is 5.91 Å². The Morgan fingerprint density at radius 3 is 2.43 bits per heavy atom. The lowest BCUT2D eigenvalue weighted by Gasteiger charge is -2.40. The van der Waals surface area contributed by atoms with Crippen molar-refractivity contribution in [3.63, 3.8) is 0 Å². The van der Waals surface area contributed by atoms with Gasteiger partial charge in [-0.15, -0.1) is 0 Å². The minimum atomic E-state index is -4.02. The van der Waals surface area contributed by atoms with E-state index in [4.69, 9.17) is 11.6 Å². The Hall–Kier alpha value is -4.30. The second kappa shape index (κ2) is 10.8. The van der Waals surface area contributed by atoms with Gasteiger partial charge in [-0.25, -0.2) is 40.9 Å². The Morgan fingerprint density at radius 1 is 1.12 bits per heavy atom. The van der Waals surface area contributed by atoms with Crippen LogP contribution >= 0.6 is 11.6 Å². The van der Waals surface area contributed by atoms with Crippen molar-refractivity contribution >= 4 is 44.2 Å². The number of aromatic nitrogens is 4. The minimum absolute atomic E-state index is 0.0303. The summed E-state index contributed by atoms with van der Waals surface area (Å²) in [6, 6.07) is 4.54. The fourth-order valence-corrected chi connectivity index (χ4v) is 6.09. The molecule has 0 unspecified atom stereocenters. The van der Waals surface area contributed by atoms with E-state index in [0.29, 0.717) is 0 Å². The van der Waals surface area contributed by atoms with E-state index < -0.39 is 66.0 Å². The van der Waals surface area contributed by atoms with E-state index in [9.17, 15) is 26.8 Å². The van der Waals surface area contributed by atoms with Gasteiger partial charge < -0.3 is 9.80 Å². The van der Waals surface area contributed by atoms with Gasteiger partial charge in [0.25, 0.3) is 0 Å². The number of amides is 1. The Balaban J connectivity index is 1.86. The predicted octanol–water partition coefficient (Wildman–Crippen LogP) is 3.54. The third-order valence-electron chi connectivity index (χ3n) is 6.85. The van der Waals surface area contributed by atoms with Crippen LogP contribution in [0.4, 0.5) is 19.0 Å². The largest absolute Gasteiger partial charge is 0.355 e. The Kier molecular flexibility index (Phi) is 7.53. The smallest absolute Gasteiger partial charge is 0.350 e. The number of nitrogens with zero attached hydrogens (tertiary/aromatic N) is 6. The van der Waals surface area contributed by atoms with Crippen molar-refractivity contribution in [1.29, 1.82) is 0 Å². The van der Waals surface area contributed by atoms with Gasteiger partial charge in [0.1, 0.15) is 28.8 Å². The van der Waals surface area contributed by atoms with Crippen molar-refractivity contribution in [3.8, 4) is 16.9 Å². The summed E-state index contributed by atoms with van der Waals surface area (Å²) >= 11 is 6.31. The van der Waals surface area contributed by atoms with Crippen LogP contribution in [0, 0.1) is 17.5 Å². The SMILES string of the molecule is C=CC(=O)N1CCN(c2nc(=O)n(-c3c(S(C)(=O)=O)ccnc3Cl)c3nc(-c4c(F)cccc4F)c(F)cc23)[C@@H](C)C1. The molecule has 1 saturated heterocycles. The van der Waals surface area contributed by atoms with Gasteiger partial charge in [-0.1, -0.05) is 24.2 Å². The van der Waals surface area contributed by atoms with Gasteiger partial charge in [0.05, 0.1) is 15.8 Å². The topological polar surface area (TPSA) is 118 Å². The molecule has 5 rings (SSSR count). The van der Waals surface area contributed by atoms with Crippen molar-refractivity contribution in [2.45, 2.75) is 17.9 Å². The van der Waals surface area contributed by atoms with Crippen LogP contribution in [0.1, 0.15) is 6.92 Å². The number of piperazine rings is 1. The Morgan fingerprint density at radius 2 is 1.81 bits per heavy atom. The number of anilines is 1. The van der Waals surface area contributed by atoms with Crippen LogP contribution in [0.2, 0.25) is 5.15 Å². The Bertz CT molecular complexity index is 1930. The molecule has 1 aromatic carbocycles. The molecular formula is C27H22ClF3N6O4S. The summed E-state index contributed by atoms with van der Waals surface area (Å²) in [6.07, 6.45) is 3.18. The lowest BCUT2D eigenvalue weighted by molar-refractivity contribution is -0.126. The van der Waals surface area contributed by atoms with Gasteiger partial charge in [0.15, 0.2) is 26.5 Å². The van der Waals surface area contributed by atoms with Gasteiger partial charge in [-0.2, -0.15) is 4.98 Å². The number of sulfone groups is 1. The average Bonchev–Trinajstić information content (AvgIpc) is 2.92. The van der Waals surface area contributed by atoms with E-state index in [2.05, 4.69) is 21.5 Å². The summed E-state index contributed by atoms with van der Waals surface area (Å²) in [5.41, 5.74) is -3.41. The normalized spacial score (nSPS) is 15.7. The molecule has 0 saturated carbocycles. The van der Waals surface area contributed by atoms with Crippen LogP contribution in [-0.2, 0) is 14.6 Å². The number of halogens is 4. The third kappa shape index (κ3) is 5.00. The zero-order valence-corrected chi connectivity index (χ0v) is 23.8. The number of pyridine rings is 2. The van der Waals surface area contributed by atoms with Crippen LogP contribution in [0.15, 0.2) is 58.9 Å². The highest BCUT2D eigenvalue weighted by atomic mass is 35.5. The van der Waals surface area contributed by atoms with Crippen LogP contribution in [-0.4, -0.2) is 70.7 Å². The van der Waals surface area contributed by atoms with E-state index in [0.717, 1.165) is 47.4 Å². The summed E-state index contributed by atoms with van der Waals surface area (Å²) in [7, 11) is -4.02. The van der Waals surface area contributed by atoms with E-state index in [-0.39, 0.29) is 42.4 Å².